The van der Waals surface area contributed by atoms with Gasteiger partial charge >= 0.3 is 0 Å². The van der Waals surface area contributed by atoms with E-state index >= 15 is 0 Å². The third kappa shape index (κ3) is 4.84. The number of anilines is 1. The van der Waals surface area contributed by atoms with Crippen LogP contribution in [0.3, 0.4) is 0 Å². The Balaban J connectivity index is 2.02. The van der Waals surface area contributed by atoms with Crippen molar-refractivity contribution in [1.82, 2.24) is 10.3 Å². The van der Waals surface area contributed by atoms with Crippen molar-refractivity contribution in [2.45, 2.75) is 44.9 Å². The predicted octanol–water partition coefficient (Wildman–Crippen LogP) is 2.90. The third-order valence-corrected chi connectivity index (χ3v) is 3.75. The van der Waals surface area contributed by atoms with Gasteiger partial charge in [-0.2, -0.15) is 0 Å². The summed E-state index contributed by atoms with van der Waals surface area (Å²) < 4.78 is 5.49. The van der Waals surface area contributed by atoms with Gasteiger partial charge in [-0.15, -0.1) is 0 Å². The zero-order chi connectivity index (χ0) is 17.0. The van der Waals surface area contributed by atoms with Gasteiger partial charge in [0.15, 0.2) is 0 Å². The highest BCUT2D eigenvalue weighted by molar-refractivity contribution is 6.29. The van der Waals surface area contributed by atoms with E-state index in [-0.39, 0.29) is 29.9 Å². The van der Waals surface area contributed by atoms with E-state index in [4.69, 9.17) is 16.3 Å². The maximum atomic E-state index is 12.5. The van der Waals surface area contributed by atoms with Crippen LogP contribution >= 0.6 is 11.6 Å². The minimum atomic E-state index is -0.349. The molecule has 2 atom stereocenters. The van der Waals surface area contributed by atoms with E-state index in [0.29, 0.717) is 35.9 Å². The molecule has 0 saturated carbocycles. The minimum absolute atomic E-state index is 0.0279. The number of halogens is 1. The molecule has 2 rings (SSSR count). The van der Waals surface area contributed by atoms with E-state index < -0.39 is 0 Å². The van der Waals surface area contributed by atoms with Crippen molar-refractivity contribution in [3.63, 3.8) is 0 Å². The highest BCUT2D eigenvalue weighted by atomic mass is 35.5. The number of pyridine rings is 1. The predicted molar refractivity (Wildman–Crippen MR) is 90.0 cm³/mol. The molecular weight excluding hydrogens is 318 g/mol. The second-order valence-corrected chi connectivity index (χ2v) is 6.30. The van der Waals surface area contributed by atoms with E-state index in [2.05, 4.69) is 22.2 Å². The molecule has 0 spiro atoms. The molecule has 0 bridgehead atoms. The van der Waals surface area contributed by atoms with Crippen molar-refractivity contribution in [3.8, 4) is 0 Å². The fourth-order valence-electron chi connectivity index (χ4n) is 2.43. The lowest BCUT2D eigenvalue weighted by Crippen LogP contribution is -2.43. The molecule has 2 heterocycles. The van der Waals surface area contributed by atoms with Gasteiger partial charge in [0, 0.05) is 12.2 Å². The Bertz CT molecular complexity index is 584. The number of ether oxygens (including phenoxy) is 1. The lowest BCUT2D eigenvalue weighted by Gasteiger charge is -2.29. The quantitative estimate of drug-likeness (QED) is 0.567. The van der Waals surface area contributed by atoms with Crippen LogP contribution in [-0.2, 0) is 4.74 Å². The molecule has 0 unspecified atom stereocenters. The topological polar surface area (TPSA) is 83.5 Å². The molecule has 1 amide bonds. The summed E-state index contributed by atoms with van der Waals surface area (Å²) in [6.07, 6.45) is 2.45. The lowest BCUT2D eigenvalue weighted by molar-refractivity contribution is -0.00142. The Labute approximate surface area is 140 Å². The van der Waals surface area contributed by atoms with Crippen molar-refractivity contribution < 1.29 is 14.6 Å². The first-order chi connectivity index (χ1) is 10.9. The lowest BCUT2D eigenvalue weighted by atomic mass is 10.0. The van der Waals surface area contributed by atoms with Crippen LogP contribution in [0.25, 0.3) is 0 Å². The Morgan fingerprint density at radius 3 is 2.83 bits per heavy atom. The van der Waals surface area contributed by atoms with Crippen LogP contribution < -0.4 is 10.6 Å². The average Bonchev–Trinajstić information content (AvgIpc) is 2.47. The number of hydrogen-bond donors (Lipinski definition) is 3. The Morgan fingerprint density at radius 1 is 1.52 bits per heavy atom. The van der Waals surface area contributed by atoms with Gasteiger partial charge in [-0.25, -0.2) is 4.98 Å². The summed E-state index contributed by atoms with van der Waals surface area (Å²) in [5.74, 6) is -0.202. The zero-order valence-electron chi connectivity index (χ0n) is 13.3. The van der Waals surface area contributed by atoms with Crippen LogP contribution in [0.15, 0.2) is 24.6 Å². The summed E-state index contributed by atoms with van der Waals surface area (Å²) >= 11 is 5.91. The number of nitrogens with one attached hydrogen (secondary N) is 2. The fourth-order valence-corrected chi connectivity index (χ4v) is 2.59. The maximum absolute atomic E-state index is 12.5. The molecule has 1 saturated heterocycles. The first kappa shape index (κ1) is 17.6. The van der Waals surface area contributed by atoms with E-state index in [1.807, 2.05) is 13.8 Å². The maximum Gasteiger partial charge on any atom is 0.255 e. The molecule has 6 nitrogen and oxygen atoms in total. The molecule has 1 aliphatic rings. The highest BCUT2D eigenvalue weighted by Crippen LogP contribution is 2.21. The number of rotatable bonds is 5. The summed E-state index contributed by atoms with van der Waals surface area (Å²) in [7, 11) is 0. The Morgan fingerprint density at radius 2 is 2.26 bits per heavy atom. The number of aliphatic hydroxyl groups excluding tert-OH is 1. The summed E-state index contributed by atoms with van der Waals surface area (Å²) in [4.78, 5) is 16.5. The van der Waals surface area contributed by atoms with Crippen LogP contribution in [0.1, 0.15) is 37.0 Å². The molecule has 0 aromatic carbocycles. The van der Waals surface area contributed by atoms with Gasteiger partial charge in [0.1, 0.15) is 17.0 Å². The largest absolute Gasteiger partial charge is 0.510 e. The molecule has 1 aromatic rings. The summed E-state index contributed by atoms with van der Waals surface area (Å²) in [5, 5.41) is 15.8. The van der Waals surface area contributed by atoms with Crippen molar-refractivity contribution in [2.75, 3.05) is 11.9 Å². The van der Waals surface area contributed by atoms with Crippen molar-refractivity contribution in [2.24, 2.45) is 0 Å². The number of hydrogen-bond acceptors (Lipinski definition) is 5. The van der Waals surface area contributed by atoms with Gasteiger partial charge in [-0.3, -0.25) is 4.79 Å². The molecule has 7 heteroatoms. The standard InChI is InChI=1S/C16H22ClN3O3/c1-9(2)19-13-6-15(17)18-7-12(13)16(22)20-11-4-5-14(10(3)21)23-8-11/h6-7,9,11,14,21H,3-5,8H2,1-2H3,(H,18,19)(H,20,22)/t11-,14+/m1/s1. The van der Waals surface area contributed by atoms with Gasteiger partial charge < -0.3 is 20.5 Å². The first-order valence-corrected chi connectivity index (χ1v) is 7.97. The second kappa shape index (κ2) is 7.66. The molecule has 0 radical (unpaired) electrons. The molecule has 23 heavy (non-hydrogen) atoms. The molecular formula is C16H22ClN3O3. The van der Waals surface area contributed by atoms with E-state index in [9.17, 15) is 9.90 Å². The van der Waals surface area contributed by atoms with Crippen LogP contribution in [0, 0.1) is 0 Å². The Hall–Kier alpha value is -1.79. The summed E-state index contributed by atoms with van der Waals surface area (Å²) in [5.41, 5.74) is 1.09. The average molecular weight is 340 g/mol. The van der Waals surface area contributed by atoms with E-state index in [1.54, 1.807) is 6.07 Å². The summed E-state index contributed by atoms with van der Waals surface area (Å²) in [6, 6.07) is 1.69. The third-order valence-electron chi connectivity index (χ3n) is 3.54. The van der Waals surface area contributed by atoms with Crippen molar-refractivity contribution >= 4 is 23.2 Å². The highest BCUT2D eigenvalue weighted by Gasteiger charge is 2.25. The summed E-state index contributed by atoms with van der Waals surface area (Å²) in [6.45, 7) is 7.77. The molecule has 0 aliphatic carbocycles. The van der Waals surface area contributed by atoms with Crippen molar-refractivity contribution in [1.29, 1.82) is 0 Å². The first-order valence-electron chi connectivity index (χ1n) is 7.59. The normalized spacial score (nSPS) is 21.0. The molecule has 1 aromatic heterocycles. The van der Waals surface area contributed by atoms with E-state index in [1.165, 1.54) is 6.20 Å². The Kier molecular flexibility index (Phi) is 5.85. The number of amides is 1. The molecule has 3 N–H and O–H groups in total. The number of aliphatic hydroxyl groups is 1. The smallest absolute Gasteiger partial charge is 0.255 e. The van der Waals surface area contributed by atoms with Crippen LogP contribution in [0.5, 0.6) is 0 Å². The van der Waals surface area contributed by atoms with Gasteiger partial charge in [0.05, 0.1) is 23.9 Å². The van der Waals surface area contributed by atoms with Crippen LogP contribution in [0.2, 0.25) is 5.15 Å². The van der Waals surface area contributed by atoms with E-state index in [0.717, 1.165) is 0 Å². The molecule has 1 fully saturated rings. The van der Waals surface area contributed by atoms with Gasteiger partial charge in [-0.05, 0) is 32.8 Å². The second-order valence-electron chi connectivity index (χ2n) is 5.91. The number of carbonyl (C=O) groups excluding carboxylic acids is 1. The minimum Gasteiger partial charge on any atom is -0.510 e. The monoisotopic (exact) mass is 339 g/mol. The number of carbonyl (C=O) groups is 1. The van der Waals surface area contributed by atoms with Crippen molar-refractivity contribution in [3.05, 3.63) is 35.3 Å². The number of aromatic nitrogens is 1. The van der Waals surface area contributed by atoms with Gasteiger partial charge in [-0.1, -0.05) is 18.2 Å². The van der Waals surface area contributed by atoms with Crippen LogP contribution in [-0.4, -0.2) is 40.8 Å². The molecule has 126 valence electrons. The fraction of sp³-hybridized carbons (Fsp3) is 0.500. The molecule has 1 aliphatic heterocycles. The number of nitrogens with zero attached hydrogens (tertiary/aromatic N) is 1. The van der Waals surface area contributed by atoms with Crippen LogP contribution in [0.4, 0.5) is 5.69 Å². The SMILES string of the molecule is C=C(O)[C@@H]1CC[C@@H](NC(=O)c2cnc(Cl)cc2NC(C)C)CO1. The zero-order valence-corrected chi connectivity index (χ0v) is 14.1. The van der Waals surface area contributed by atoms with Gasteiger partial charge in [0.2, 0.25) is 0 Å². The van der Waals surface area contributed by atoms with Gasteiger partial charge in [0.25, 0.3) is 5.91 Å².